The van der Waals surface area contributed by atoms with Gasteiger partial charge in [-0.25, -0.2) is 4.79 Å². The third kappa shape index (κ3) is 5.59. The maximum Gasteiger partial charge on any atom is 0.417 e. The molecule has 6 nitrogen and oxygen atoms in total. The van der Waals surface area contributed by atoms with Crippen molar-refractivity contribution in [2.75, 3.05) is 42.7 Å². The molecule has 0 aromatic heterocycles. The van der Waals surface area contributed by atoms with E-state index in [1.165, 1.54) is 11.0 Å². The molecule has 0 bridgehead atoms. The van der Waals surface area contributed by atoms with Gasteiger partial charge in [0.25, 0.3) is 5.91 Å². The predicted molar refractivity (Wildman–Crippen MR) is 132 cm³/mol. The van der Waals surface area contributed by atoms with Crippen LogP contribution in [0.4, 0.5) is 29.3 Å². The van der Waals surface area contributed by atoms with Crippen molar-refractivity contribution >= 4 is 35.1 Å². The number of anilines is 2. The molecule has 2 N–H and O–H groups in total. The van der Waals surface area contributed by atoms with E-state index in [4.69, 9.17) is 0 Å². The predicted octanol–water partition coefficient (Wildman–Crippen LogP) is 5.24. The van der Waals surface area contributed by atoms with Crippen LogP contribution in [0.5, 0.6) is 0 Å². The van der Waals surface area contributed by atoms with Gasteiger partial charge in [-0.2, -0.15) is 13.2 Å². The van der Waals surface area contributed by atoms with E-state index in [9.17, 15) is 22.8 Å². The van der Waals surface area contributed by atoms with Crippen LogP contribution in [-0.2, 0) is 12.6 Å². The Kier molecular flexibility index (Phi) is 7.61. The van der Waals surface area contributed by atoms with Gasteiger partial charge in [-0.3, -0.25) is 14.6 Å². The second-order valence-corrected chi connectivity index (χ2v) is 9.57. The lowest BCUT2D eigenvalue weighted by Crippen LogP contribution is -2.40. The number of thioether (sulfide) groups is 1. The van der Waals surface area contributed by atoms with Crippen molar-refractivity contribution in [1.82, 2.24) is 10.2 Å². The number of amides is 3. The van der Waals surface area contributed by atoms with Crippen molar-refractivity contribution in [2.45, 2.75) is 43.3 Å². The average molecular weight is 507 g/mol. The highest BCUT2D eigenvalue weighted by molar-refractivity contribution is 7.98. The van der Waals surface area contributed by atoms with E-state index in [1.807, 2.05) is 0 Å². The van der Waals surface area contributed by atoms with Crippen molar-refractivity contribution in [1.29, 1.82) is 0 Å². The minimum atomic E-state index is -4.51. The fourth-order valence-corrected chi connectivity index (χ4v) is 5.46. The van der Waals surface area contributed by atoms with E-state index in [0.29, 0.717) is 35.8 Å². The zero-order chi connectivity index (χ0) is 25.2. The quantitative estimate of drug-likeness (QED) is 0.527. The van der Waals surface area contributed by atoms with Gasteiger partial charge in [-0.05, 0) is 74.5 Å². The number of hydrogen-bond acceptors (Lipinski definition) is 4. The van der Waals surface area contributed by atoms with Crippen molar-refractivity contribution < 1.29 is 22.8 Å². The van der Waals surface area contributed by atoms with Gasteiger partial charge in [0.15, 0.2) is 0 Å². The molecule has 1 saturated heterocycles. The van der Waals surface area contributed by atoms with Gasteiger partial charge in [0.2, 0.25) is 0 Å². The molecule has 10 heteroatoms. The van der Waals surface area contributed by atoms with Crippen LogP contribution in [-0.4, -0.2) is 55.3 Å². The smallest absolute Gasteiger partial charge is 0.350 e. The highest BCUT2D eigenvalue weighted by Crippen LogP contribution is 2.42. The molecule has 4 rings (SSSR count). The van der Waals surface area contributed by atoms with Gasteiger partial charge in [0.05, 0.1) is 5.56 Å². The second kappa shape index (κ2) is 10.5. The fourth-order valence-electron chi connectivity index (χ4n) is 4.80. The first-order valence-electron chi connectivity index (χ1n) is 11.7. The van der Waals surface area contributed by atoms with Crippen LogP contribution in [0.1, 0.15) is 41.3 Å². The standard InChI is InChI=1S/C25H29F3N4O2S/c1-3-31-10-5-8-19(31)15-29-23(33)17-6-4-7-18(12-17)30-24(34)32-11-9-16-13-22(35-2)20(14-21(16)32)25(26,27)28/h4,6-7,12-14,19H,3,5,8-11,15H2,1-2H3,(H,29,33)(H,30,34). The Labute approximate surface area is 207 Å². The maximum atomic E-state index is 13.5. The summed E-state index contributed by atoms with van der Waals surface area (Å²) in [5.41, 5.74) is 1.04. The molecule has 2 aromatic rings. The highest BCUT2D eigenvalue weighted by atomic mass is 32.2. The number of urea groups is 1. The lowest BCUT2D eigenvalue weighted by atomic mass is 10.1. The van der Waals surface area contributed by atoms with Gasteiger partial charge in [-0.15, -0.1) is 11.8 Å². The summed E-state index contributed by atoms with van der Waals surface area (Å²) < 4.78 is 40.6. The summed E-state index contributed by atoms with van der Waals surface area (Å²) in [6.07, 6.45) is -0.249. The first-order chi connectivity index (χ1) is 16.7. The zero-order valence-electron chi connectivity index (χ0n) is 19.7. The summed E-state index contributed by atoms with van der Waals surface area (Å²) in [6.45, 7) is 4.95. The Morgan fingerprint density at radius 2 is 1.97 bits per heavy atom. The van der Waals surface area contributed by atoms with E-state index < -0.39 is 17.8 Å². The molecular formula is C25H29F3N4O2S. The average Bonchev–Trinajstić information content (AvgIpc) is 3.47. The van der Waals surface area contributed by atoms with E-state index in [2.05, 4.69) is 22.5 Å². The summed E-state index contributed by atoms with van der Waals surface area (Å²) >= 11 is 1.04. The summed E-state index contributed by atoms with van der Waals surface area (Å²) in [5, 5.41) is 5.71. The Bertz CT molecular complexity index is 1110. The van der Waals surface area contributed by atoms with Crippen molar-refractivity contribution in [3.05, 3.63) is 53.1 Å². The third-order valence-corrected chi connectivity index (χ3v) is 7.40. The van der Waals surface area contributed by atoms with Crippen LogP contribution < -0.4 is 15.5 Å². The molecule has 0 aliphatic carbocycles. The van der Waals surface area contributed by atoms with E-state index in [0.717, 1.165) is 43.8 Å². The molecule has 1 unspecified atom stereocenters. The van der Waals surface area contributed by atoms with Crippen molar-refractivity contribution in [2.24, 2.45) is 0 Å². The number of alkyl halides is 3. The SMILES string of the molecule is CCN1CCCC1CNC(=O)c1cccc(NC(=O)N2CCc3cc(SC)c(C(F)(F)F)cc32)c1. The van der Waals surface area contributed by atoms with Crippen LogP contribution in [0, 0.1) is 0 Å². The maximum absolute atomic E-state index is 13.5. The summed E-state index contributed by atoms with van der Waals surface area (Å²) in [6, 6.07) is 8.94. The number of rotatable bonds is 6. The highest BCUT2D eigenvalue weighted by Gasteiger charge is 2.36. The molecule has 2 aromatic carbocycles. The number of hydrogen-bond donors (Lipinski definition) is 2. The number of nitrogens with zero attached hydrogens (tertiary/aromatic N) is 2. The Morgan fingerprint density at radius 3 is 2.69 bits per heavy atom. The van der Waals surface area contributed by atoms with Crippen molar-refractivity contribution in [3.63, 3.8) is 0 Å². The van der Waals surface area contributed by atoms with Gasteiger partial charge in [0, 0.05) is 41.0 Å². The van der Waals surface area contributed by atoms with Crippen molar-refractivity contribution in [3.8, 4) is 0 Å². The second-order valence-electron chi connectivity index (χ2n) is 8.73. The normalized spacial score (nSPS) is 18.0. The number of carbonyl (C=O) groups excluding carboxylic acids is 2. The van der Waals surface area contributed by atoms with Crippen LogP contribution in [0.15, 0.2) is 41.3 Å². The first kappa shape index (κ1) is 25.4. The molecule has 188 valence electrons. The van der Waals surface area contributed by atoms with Gasteiger partial charge < -0.3 is 10.6 Å². The summed E-state index contributed by atoms with van der Waals surface area (Å²) in [4.78, 5) is 29.5. The topological polar surface area (TPSA) is 64.7 Å². The summed E-state index contributed by atoms with van der Waals surface area (Å²) in [5.74, 6) is -0.227. The Balaban J connectivity index is 1.44. The van der Waals surface area contributed by atoms with Gasteiger partial charge in [0.1, 0.15) is 0 Å². The third-order valence-electron chi connectivity index (χ3n) is 6.63. The molecule has 3 amide bonds. The molecule has 2 heterocycles. The van der Waals surface area contributed by atoms with Crippen LogP contribution in [0.2, 0.25) is 0 Å². The van der Waals surface area contributed by atoms with Crippen LogP contribution >= 0.6 is 11.8 Å². The monoisotopic (exact) mass is 506 g/mol. The minimum Gasteiger partial charge on any atom is -0.350 e. The molecule has 0 spiro atoms. The lowest BCUT2D eigenvalue weighted by molar-refractivity contribution is -0.139. The number of likely N-dealkylation sites (N-methyl/N-ethyl adjacent to an activating group) is 1. The zero-order valence-corrected chi connectivity index (χ0v) is 20.6. The largest absolute Gasteiger partial charge is 0.417 e. The van der Waals surface area contributed by atoms with E-state index >= 15 is 0 Å². The number of benzene rings is 2. The minimum absolute atomic E-state index is 0.150. The molecule has 2 aliphatic rings. The molecule has 0 saturated carbocycles. The van der Waals surface area contributed by atoms with Crippen LogP contribution in [0.3, 0.4) is 0 Å². The van der Waals surface area contributed by atoms with Gasteiger partial charge in [-0.1, -0.05) is 13.0 Å². The number of fused-ring (bicyclic) bond motifs is 1. The van der Waals surface area contributed by atoms with E-state index in [1.54, 1.807) is 30.5 Å². The summed E-state index contributed by atoms with van der Waals surface area (Å²) in [7, 11) is 0. The fraction of sp³-hybridized carbons (Fsp3) is 0.440. The molecular weight excluding hydrogens is 477 g/mol. The molecule has 2 aliphatic heterocycles. The first-order valence-corrected chi connectivity index (χ1v) is 12.9. The Morgan fingerprint density at radius 1 is 1.17 bits per heavy atom. The number of carbonyl (C=O) groups is 2. The molecule has 0 radical (unpaired) electrons. The number of nitrogens with one attached hydrogen (secondary N) is 2. The molecule has 1 fully saturated rings. The molecule has 1 atom stereocenters. The van der Waals surface area contributed by atoms with E-state index in [-0.39, 0.29) is 23.0 Å². The lowest BCUT2D eigenvalue weighted by Gasteiger charge is -2.23. The van der Waals surface area contributed by atoms with Gasteiger partial charge >= 0.3 is 12.2 Å². The number of halogens is 3. The number of likely N-dealkylation sites (tertiary alicyclic amines) is 1. The Hall–Kier alpha value is -2.72. The molecule has 35 heavy (non-hydrogen) atoms. The van der Waals surface area contributed by atoms with Crippen LogP contribution in [0.25, 0.3) is 0 Å².